The van der Waals surface area contributed by atoms with Crippen molar-refractivity contribution < 1.29 is 14.3 Å². The van der Waals surface area contributed by atoms with E-state index in [4.69, 9.17) is 4.74 Å². The monoisotopic (exact) mass is 509 g/mol. The Morgan fingerprint density at radius 2 is 1.55 bits per heavy atom. The summed E-state index contributed by atoms with van der Waals surface area (Å²) in [4.78, 5) is 38.4. The van der Waals surface area contributed by atoms with Gasteiger partial charge < -0.3 is 19.9 Å². The van der Waals surface area contributed by atoms with Gasteiger partial charge in [0.05, 0.1) is 5.52 Å². The van der Waals surface area contributed by atoms with E-state index >= 15 is 0 Å². The number of fused-ring (bicyclic) bond motifs is 2. The van der Waals surface area contributed by atoms with Crippen molar-refractivity contribution in [2.24, 2.45) is 7.05 Å². The fourth-order valence-corrected chi connectivity index (χ4v) is 5.46. The lowest BCUT2D eigenvalue weighted by atomic mass is 9.93. The summed E-state index contributed by atoms with van der Waals surface area (Å²) in [6.45, 7) is 6.97. The van der Waals surface area contributed by atoms with Crippen LogP contribution in [0, 0.1) is 20.8 Å². The summed E-state index contributed by atoms with van der Waals surface area (Å²) >= 11 is 0. The molecule has 38 heavy (non-hydrogen) atoms. The molecule has 7 heteroatoms. The molecule has 0 atom stereocenters. The maximum absolute atomic E-state index is 13.7. The fourth-order valence-electron chi connectivity index (χ4n) is 5.46. The van der Waals surface area contributed by atoms with Gasteiger partial charge in [0, 0.05) is 30.6 Å². The van der Waals surface area contributed by atoms with E-state index in [1.807, 2.05) is 45.0 Å². The lowest BCUT2D eigenvalue weighted by Crippen LogP contribution is -2.28. The second-order valence-corrected chi connectivity index (χ2v) is 10.0. The third kappa shape index (κ3) is 4.56. The molecule has 0 saturated carbocycles. The van der Waals surface area contributed by atoms with Gasteiger partial charge in [-0.2, -0.15) is 0 Å². The quantitative estimate of drug-likeness (QED) is 0.254. The van der Waals surface area contributed by atoms with E-state index in [9.17, 15) is 14.4 Å². The third-order valence-electron chi connectivity index (χ3n) is 7.23. The van der Waals surface area contributed by atoms with E-state index in [2.05, 4.69) is 22.8 Å². The summed E-state index contributed by atoms with van der Waals surface area (Å²) < 4.78 is 6.92. The number of nitrogens with zero attached hydrogens (tertiary/aromatic N) is 1. The number of carbonyl (C=O) groups excluding carboxylic acids is 2. The molecule has 0 unspecified atom stereocenters. The van der Waals surface area contributed by atoms with Gasteiger partial charge in [-0.1, -0.05) is 24.3 Å². The molecule has 1 heterocycles. The molecule has 194 valence electrons. The molecule has 2 N–H and O–H groups in total. The normalized spacial score (nSPS) is 12.3. The third-order valence-corrected chi connectivity index (χ3v) is 7.23. The summed E-state index contributed by atoms with van der Waals surface area (Å²) in [5.41, 5.74) is 7.98. The first-order valence-electron chi connectivity index (χ1n) is 12.8. The average Bonchev–Trinajstić information content (AvgIpc) is 3.32. The van der Waals surface area contributed by atoms with Crippen LogP contribution in [0.1, 0.15) is 41.2 Å². The molecule has 0 bridgehead atoms. The molecule has 4 aromatic rings. The average molecular weight is 510 g/mol. The Morgan fingerprint density at radius 3 is 2.21 bits per heavy atom. The van der Waals surface area contributed by atoms with Gasteiger partial charge >= 0.3 is 12.0 Å². The Labute approximate surface area is 221 Å². The number of aromatic nitrogens is 1. The summed E-state index contributed by atoms with van der Waals surface area (Å²) in [6, 6.07) is 15.1. The minimum absolute atomic E-state index is 0.231. The van der Waals surface area contributed by atoms with Crippen LogP contribution in [0.25, 0.3) is 22.0 Å². The molecule has 7 nitrogen and oxygen atoms in total. The van der Waals surface area contributed by atoms with Crippen molar-refractivity contribution in [2.45, 2.75) is 47.0 Å². The molecule has 1 aliphatic carbocycles. The van der Waals surface area contributed by atoms with Gasteiger partial charge in [0.1, 0.15) is 11.4 Å². The van der Waals surface area contributed by atoms with Crippen LogP contribution in [-0.4, -0.2) is 16.6 Å². The Bertz CT molecular complexity index is 1660. The van der Waals surface area contributed by atoms with E-state index < -0.39 is 12.0 Å². The molecule has 1 aromatic heterocycles. The van der Waals surface area contributed by atoms with E-state index in [0.29, 0.717) is 22.6 Å². The largest absolute Gasteiger partial charge is 0.426 e. The zero-order valence-corrected chi connectivity index (χ0v) is 22.3. The maximum Gasteiger partial charge on any atom is 0.323 e. The molecule has 2 amide bonds. The number of aryl methyl sites for hydroxylation is 6. The van der Waals surface area contributed by atoms with Gasteiger partial charge in [0.25, 0.3) is 5.56 Å². The Balaban J connectivity index is 1.60. The van der Waals surface area contributed by atoms with Gasteiger partial charge in [-0.05, 0) is 97.7 Å². The van der Waals surface area contributed by atoms with Crippen molar-refractivity contribution in [3.8, 4) is 16.9 Å². The smallest absolute Gasteiger partial charge is 0.323 e. The first kappa shape index (κ1) is 25.3. The second kappa shape index (κ2) is 9.82. The molecule has 1 aliphatic rings. The first-order valence-corrected chi connectivity index (χ1v) is 12.8. The lowest BCUT2D eigenvalue weighted by molar-refractivity contribution is -0.131. The van der Waals surface area contributed by atoms with Gasteiger partial charge in [-0.3, -0.25) is 9.59 Å². The number of amides is 2. The summed E-state index contributed by atoms with van der Waals surface area (Å²) in [6.07, 6.45) is 3.12. The number of nitrogens with one attached hydrogen (secondary N) is 2. The summed E-state index contributed by atoms with van der Waals surface area (Å²) in [5.74, 6) is 0.0670. The Hall–Kier alpha value is -4.39. The highest BCUT2D eigenvalue weighted by Gasteiger charge is 2.23. The van der Waals surface area contributed by atoms with Crippen LogP contribution in [0.4, 0.5) is 16.2 Å². The van der Waals surface area contributed by atoms with Crippen LogP contribution in [-0.2, 0) is 24.7 Å². The predicted molar refractivity (Wildman–Crippen MR) is 151 cm³/mol. The van der Waals surface area contributed by atoms with E-state index in [-0.39, 0.29) is 11.2 Å². The van der Waals surface area contributed by atoms with Gasteiger partial charge in [-0.25, -0.2) is 4.79 Å². The molecule has 3 aromatic carbocycles. The molecular weight excluding hydrogens is 478 g/mol. The highest BCUT2D eigenvalue weighted by atomic mass is 16.5. The second-order valence-electron chi connectivity index (χ2n) is 10.0. The van der Waals surface area contributed by atoms with Crippen LogP contribution in [0.2, 0.25) is 0 Å². The first-order chi connectivity index (χ1) is 18.1. The number of carbonyl (C=O) groups is 2. The number of anilines is 2. The van der Waals surface area contributed by atoms with Crippen molar-refractivity contribution in [1.29, 1.82) is 0 Å². The van der Waals surface area contributed by atoms with Crippen LogP contribution in [0.5, 0.6) is 5.75 Å². The molecule has 0 aliphatic heterocycles. The fraction of sp³-hybridized carbons (Fsp3) is 0.258. The lowest BCUT2D eigenvalue weighted by Gasteiger charge is -2.19. The minimum atomic E-state index is -0.531. The van der Waals surface area contributed by atoms with Crippen LogP contribution < -0.4 is 20.9 Å². The zero-order chi connectivity index (χ0) is 27.1. The number of pyridine rings is 1. The topological polar surface area (TPSA) is 89.4 Å². The van der Waals surface area contributed by atoms with E-state index in [1.54, 1.807) is 23.7 Å². The maximum atomic E-state index is 13.7. The van der Waals surface area contributed by atoms with Crippen LogP contribution in [0.15, 0.2) is 53.3 Å². The number of rotatable bonds is 4. The van der Waals surface area contributed by atoms with Crippen molar-refractivity contribution in [3.05, 3.63) is 86.7 Å². The zero-order valence-electron chi connectivity index (χ0n) is 22.3. The molecule has 0 fully saturated rings. The number of urea groups is 1. The molecule has 0 spiro atoms. The highest BCUT2D eigenvalue weighted by molar-refractivity contribution is 6.08. The molecular formula is C31H31N3O4. The van der Waals surface area contributed by atoms with Crippen molar-refractivity contribution in [1.82, 2.24) is 4.57 Å². The number of benzene rings is 3. The van der Waals surface area contributed by atoms with Crippen molar-refractivity contribution in [2.75, 3.05) is 10.6 Å². The standard InChI is InChI=1S/C31H31N3O4/c1-17-9-6-7-12-24(17)27-25-15-21-10-8-11-22(21)16-26(25)34(5)30(36)28(27)33-31(37)32-23-13-18(2)29(19(3)14-23)38-20(4)35/h6-7,9,12-16H,8,10-11H2,1-5H3,(H2,32,33,37). The number of esters is 1. The molecule has 0 saturated heterocycles. The Morgan fingerprint density at radius 1 is 0.895 bits per heavy atom. The van der Waals surface area contributed by atoms with E-state index in [1.165, 1.54) is 18.1 Å². The predicted octanol–water partition coefficient (Wildman–Crippen LogP) is 6.19. The number of ether oxygens (including phenoxy) is 1. The molecule has 5 rings (SSSR count). The van der Waals surface area contributed by atoms with Crippen molar-refractivity contribution in [3.63, 3.8) is 0 Å². The minimum Gasteiger partial charge on any atom is -0.426 e. The molecule has 0 radical (unpaired) electrons. The van der Waals surface area contributed by atoms with Gasteiger partial charge in [0.2, 0.25) is 0 Å². The summed E-state index contributed by atoms with van der Waals surface area (Å²) in [7, 11) is 1.75. The van der Waals surface area contributed by atoms with Crippen LogP contribution >= 0.6 is 0 Å². The van der Waals surface area contributed by atoms with Crippen molar-refractivity contribution >= 4 is 34.3 Å². The van der Waals surface area contributed by atoms with Gasteiger partial charge in [-0.15, -0.1) is 0 Å². The number of hydrogen-bond donors (Lipinski definition) is 2. The summed E-state index contributed by atoms with van der Waals surface area (Å²) in [5, 5.41) is 6.65. The Kier molecular flexibility index (Phi) is 6.53. The highest BCUT2D eigenvalue weighted by Crippen LogP contribution is 2.38. The van der Waals surface area contributed by atoms with Gasteiger partial charge in [0.15, 0.2) is 0 Å². The van der Waals surface area contributed by atoms with E-state index in [0.717, 1.165) is 46.9 Å². The number of hydrogen-bond acceptors (Lipinski definition) is 4. The SMILES string of the molecule is CC(=O)Oc1c(C)cc(NC(=O)Nc2c(-c3ccccc3C)c3cc4c(cc3n(C)c2=O)CCC4)cc1C. The van der Waals surface area contributed by atoms with Crippen LogP contribution in [0.3, 0.4) is 0 Å².